The third-order valence-corrected chi connectivity index (χ3v) is 1.66. The van der Waals surface area contributed by atoms with Crippen LogP contribution < -0.4 is 5.46 Å². The van der Waals surface area contributed by atoms with E-state index in [4.69, 9.17) is 7.85 Å². The molecule has 0 unspecified atom stereocenters. The molecule has 2 aromatic rings. The van der Waals surface area contributed by atoms with E-state index in [1.807, 2.05) is 36.5 Å². The van der Waals surface area contributed by atoms with Gasteiger partial charge >= 0.3 is 71.5 Å². The first-order chi connectivity index (χ1) is 5.86. The fraction of sp³-hybridized carbons (Fsp3) is 0. The van der Waals surface area contributed by atoms with E-state index in [0.717, 1.165) is 11.2 Å². The molecule has 2 N–H and O–H groups in total. The van der Waals surface area contributed by atoms with Crippen molar-refractivity contribution in [3.63, 3.8) is 0 Å². The Morgan fingerprint density at radius 3 is 2.21 bits per heavy atom. The zero-order chi connectivity index (χ0) is 8.39. The van der Waals surface area contributed by atoms with Gasteiger partial charge in [-0.3, -0.25) is 0 Å². The van der Waals surface area contributed by atoms with Crippen molar-refractivity contribution < 1.29 is 11.0 Å². The third-order valence-electron chi connectivity index (χ3n) is 1.66. The second kappa shape index (κ2) is 5.21. The molecule has 2 rings (SSSR count). The van der Waals surface area contributed by atoms with Crippen LogP contribution in [0.2, 0.25) is 0 Å². The molecule has 0 saturated carbocycles. The molecule has 1 heterocycles. The van der Waals surface area contributed by atoms with Gasteiger partial charge in [0.05, 0.1) is 0 Å². The largest absolute Gasteiger partial charge is 0.870 e. The van der Waals surface area contributed by atoms with Gasteiger partial charge in [0.2, 0.25) is 0 Å². The Hall–Kier alpha value is -1.59. The molecule has 0 aliphatic rings. The van der Waals surface area contributed by atoms with E-state index in [1.54, 1.807) is 10.9 Å². The van der Waals surface area contributed by atoms with E-state index in [9.17, 15) is 0 Å². The Morgan fingerprint density at radius 1 is 1.07 bits per heavy atom. The SMILES string of the molecule is [B+2]c1ccc(-n2cccn2)cc1.[OH-].[OH-]. The Kier molecular flexibility index (Phi) is 4.62. The molecule has 70 valence electrons. The van der Waals surface area contributed by atoms with Crippen LogP contribution in [0.15, 0.2) is 42.7 Å². The van der Waals surface area contributed by atoms with Gasteiger partial charge in [-0.1, -0.05) is 0 Å². The minimum absolute atomic E-state index is 0. The first-order valence-corrected chi connectivity index (χ1v) is 3.72. The van der Waals surface area contributed by atoms with Crippen molar-refractivity contribution in [2.75, 3.05) is 0 Å². The van der Waals surface area contributed by atoms with Crippen molar-refractivity contribution in [3.8, 4) is 5.69 Å². The van der Waals surface area contributed by atoms with E-state index in [1.165, 1.54) is 0 Å². The summed E-state index contributed by atoms with van der Waals surface area (Å²) in [6.45, 7) is 0. The van der Waals surface area contributed by atoms with Crippen LogP contribution >= 0.6 is 0 Å². The number of aromatic nitrogens is 2. The second-order valence-corrected chi connectivity index (χ2v) is 2.54. The monoisotopic (exact) mass is 188 g/mol. The molecule has 0 saturated heterocycles. The van der Waals surface area contributed by atoms with Crippen LogP contribution in [0.5, 0.6) is 0 Å². The average molecular weight is 188 g/mol. The van der Waals surface area contributed by atoms with Crippen molar-refractivity contribution in [2.45, 2.75) is 0 Å². The summed E-state index contributed by atoms with van der Waals surface area (Å²) in [6, 6.07) is 9.47. The molecular formula is C9H9BN2O2. The predicted octanol–water partition coefficient (Wildman–Crippen LogP) is 0.312. The zero-order valence-electron chi connectivity index (χ0n) is 7.41. The molecule has 0 fully saturated rings. The van der Waals surface area contributed by atoms with Gasteiger partial charge in [0.15, 0.2) is 0 Å². The maximum atomic E-state index is 5.55. The molecular weight excluding hydrogens is 179 g/mol. The van der Waals surface area contributed by atoms with Gasteiger partial charge in [-0.2, -0.15) is 0 Å². The van der Waals surface area contributed by atoms with Crippen molar-refractivity contribution in [2.24, 2.45) is 0 Å². The molecule has 0 amide bonds. The molecule has 5 heteroatoms. The zero-order valence-corrected chi connectivity index (χ0v) is 7.41. The van der Waals surface area contributed by atoms with Crippen LogP contribution in [0.4, 0.5) is 0 Å². The molecule has 0 aliphatic heterocycles. The van der Waals surface area contributed by atoms with Crippen molar-refractivity contribution in [3.05, 3.63) is 42.7 Å². The van der Waals surface area contributed by atoms with Gasteiger partial charge in [0.1, 0.15) is 0 Å². The van der Waals surface area contributed by atoms with Gasteiger partial charge < -0.3 is 11.0 Å². The van der Waals surface area contributed by atoms with Crippen LogP contribution in [0.3, 0.4) is 0 Å². The van der Waals surface area contributed by atoms with Gasteiger partial charge in [-0.25, -0.2) is 0 Å². The Labute approximate surface area is 83.2 Å². The first-order valence-electron chi connectivity index (χ1n) is 3.72. The summed E-state index contributed by atoms with van der Waals surface area (Å²) in [5, 5.41) is 4.09. The quantitative estimate of drug-likeness (QED) is 0.604. The van der Waals surface area contributed by atoms with E-state index >= 15 is 0 Å². The van der Waals surface area contributed by atoms with Gasteiger partial charge in [0, 0.05) is 0 Å². The molecule has 14 heavy (non-hydrogen) atoms. The van der Waals surface area contributed by atoms with Crippen molar-refractivity contribution in [1.82, 2.24) is 9.78 Å². The minimum atomic E-state index is 0. The summed E-state index contributed by atoms with van der Waals surface area (Å²) in [7, 11) is 5.55. The predicted molar refractivity (Wildman–Crippen MR) is 52.8 cm³/mol. The molecule has 0 spiro atoms. The van der Waals surface area contributed by atoms with Gasteiger partial charge in [0.25, 0.3) is 0 Å². The summed E-state index contributed by atoms with van der Waals surface area (Å²) in [6.07, 6.45) is 3.64. The van der Waals surface area contributed by atoms with E-state index < -0.39 is 0 Å². The summed E-state index contributed by atoms with van der Waals surface area (Å²) in [5.41, 5.74) is 1.79. The molecule has 0 radical (unpaired) electrons. The van der Waals surface area contributed by atoms with E-state index in [-0.39, 0.29) is 11.0 Å². The number of hydrogen-bond donors (Lipinski definition) is 0. The fourth-order valence-electron chi connectivity index (χ4n) is 1.05. The Balaban J connectivity index is 0.000000845. The molecule has 0 aliphatic carbocycles. The molecule has 4 nitrogen and oxygen atoms in total. The Bertz CT molecular complexity index is 359. The van der Waals surface area contributed by atoms with E-state index in [2.05, 4.69) is 5.10 Å². The number of nitrogens with zero attached hydrogens (tertiary/aromatic N) is 2. The van der Waals surface area contributed by atoms with Gasteiger partial charge in [-0.15, -0.1) is 0 Å². The van der Waals surface area contributed by atoms with Crippen LogP contribution in [0.1, 0.15) is 0 Å². The van der Waals surface area contributed by atoms with Crippen LogP contribution in [0.25, 0.3) is 5.69 Å². The standard InChI is InChI=1S/C9H7BN2.2H2O/c10-8-2-4-9(5-3-8)12-7-1-6-11-12;;/h1-7H;2*1H2/q+2;;/p-2. The smallest absolute Gasteiger partial charge is 0.870 e. The molecule has 1 aromatic carbocycles. The van der Waals surface area contributed by atoms with E-state index in [0.29, 0.717) is 0 Å². The summed E-state index contributed by atoms with van der Waals surface area (Å²) < 4.78 is 1.79. The first kappa shape index (κ1) is 12.4. The number of rotatable bonds is 1. The fourth-order valence-corrected chi connectivity index (χ4v) is 1.05. The Morgan fingerprint density at radius 2 is 1.71 bits per heavy atom. The summed E-state index contributed by atoms with van der Waals surface area (Å²) >= 11 is 0. The van der Waals surface area contributed by atoms with Crippen molar-refractivity contribution in [1.29, 1.82) is 0 Å². The second-order valence-electron chi connectivity index (χ2n) is 2.54. The van der Waals surface area contributed by atoms with Crippen LogP contribution in [0, 0.1) is 0 Å². The number of benzene rings is 1. The number of hydrogen-bond acceptors (Lipinski definition) is 3. The molecule has 0 bridgehead atoms. The summed E-state index contributed by atoms with van der Waals surface area (Å²) in [5.74, 6) is 0. The summed E-state index contributed by atoms with van der Waals surface area (Å²) in [4.78, 5) is 0. The topological polar surface area (TPSA) is 77.8 Å². The minimum Gasteiger partial charge on any atom is -0.870 e. The van der Waals surface area contributed by atoms with Crippen molar-refractivity contribution >= 4 is 13.3 Å². The molecule has 1 aromatic heterocycles. The third kappa shape index (κ3) is 2.45. The van der Waals surface area contributed by atoms with Crippen LogP contribution in [-0.4, -0.2) is 28.6 Å². The molecule has 0 atom stereocenters. The average Bonchev–Trinajstić information content (AvgIpc) is 2.58. The van der Waals surface area contributed by atoms with Gasteiger partial charge in [-0.05, 0) is 0 Å². The maximum Gasteiger partial charge on any atom is -0.870 e. The van der Waals surface area contributed by atoms with Crippen LogP contribution in [-0.2, 0) is 0 Å². The maximum absolute atomic E-state index is 5.55. The normalized spacial score (nSPS) is 8.71.